The quantitative estimate of drug-likeness (QED) is 0.268. The number of likely N-dealkylation sites (tertiary alicyclic amines) is 1. The standard InChI is InChI=1S/C38H48Cl2N6O6/c1-38(2,41)37(51)45-14-12-44(13-15-45)25-18-26(22-52-27-10-8-23(9-11-27)36(49)50)46(20-25)34(47)17-24-16-31(40)32(19-30(24)39)42-35(48)29-21-43(3)33-7-5-4-6-28(29)33/h4-7,16,19,21,23,25-27H,8-15,17-18,20,22,41H2,1-3H3,(H,42,48)(H,49,50)/t23?,25-,26-,27?/m0/s1. The smallest absolute Gasteiger partial charge is 0.306 e. The molecule has 280 valence electrons. The Balaban J connectivity index is 1.13. The monoisotopic (exact) mass is 754 g/mol. The fourth-order valence-electron chi connectivity index (χ4n) is 7.84. The average molecular weight is 756 g/mol. The third-order valence-electron chi connectivity index (χ3n) is 10.8. The van der Waals surface area contributed by atoms with Crippen LogP contribution in [0.2, 0.25) is 10.0 Å². The van der Waals surface area contributed by atoms with Crippen molar-refractivity contribution < 1.29 is 29.0 Å². The number of rotatable bonds is 10. The van der Waals surface area contributed by atoms with Gasteiger partial charge >= 0.3 is 5.97 Å². The highest BCUT2D eigenvalue weighted by molar-refractivity contribution is 6.36. The molecule has 3 aliphatic rings. The maximum absolute atomic E-state index is 14.1. The number of carbonyl (C=O) groups excluding carboxylic acids is 3. The summed E-state index contributed by atoms with van der Waals surface area (Å²) in [7, 11) is 1.88. The number of aryl methyl sites for hydroxylation is 1. The van der Waals surface area contributed by atoms with Crippen LogP contribution in [0.4, 0.5) is 5.69 Å². The van der Waals surface area contributed by atoms with Crippen LogP contribution in [0.15, 0.2) is 42.6 Å². The molecule has 3 amide bonds. The lowest BCUT2D eigenvalue weighted by Crippen LogP contribution is -2.58. The maximum Gasteiger partial charge on any atom is 0.306 e. The predicted molar refractivity (Wildman–Crippen MR) is 201 cm³/mol. The summed E-state index contributed by atoms with van der Waals surface area (Å²) in [5.74, 6) is -1.61. The number of ether oxygens (including phenoxy) is 1. The molecule has 6 rings (SSSR count). The Morgan fingerprint density at radius 3 is 2.37 bits per heavy atom. The molecule has 2 aromatic carbocycles. The fourth-order valence-corrected chi connectivity index (χ4v) is 8.30. The highest BCUT2D eigenvalue weighted by Gasteiger charge is 2.41. The molecule has 2 atom stereocenters. The largest absolute Gasteiger partial charge is 0.481 e. The number of carboxylic acids is 1. The molecule has 4 N–H and O–H groups in total. The minimum absolute atomic E-state index is 0.0108. The number of carboxylic acid groups (broad SMARTS) is 1. The van der Waals surface area contributed by atoms with Gasteiger partial charge in [-0.25, -0.2) is 0 Å². The first kappa shape index (κ1) is 38.1. The van der Waals surface area contributed by atoms with E-state index in [1.54, 1.807) is 32.2 Å². The van der Waals surface area contributed by atoms with Gasteiger partial charge in [0.1, 0.15) is 0 Å². The van der Waals surface area contributed by atoms with Gasteiger partial charge in [-0.1, -0.05) is 41.4 Å². The number of nitrogens with two attached hydrogens (primary N) is 1. The second kappa shape index (κ2) is 15.7. The maximum atomic E-state index is 14.1. The number of halogens is 2. The van der Waals surface area contributed by atoms with Gasteiger partial charge in [0.15, 0.2) is 0 Å². The molecule has 1 aromatic heterocycles. The minimum Gasteiger partial charge on any atom is -0.481 e. The van der Waals surface area contributed by atoms with Crippen molar-refractivity contribution in [3.05, 3.63) is 63.8 Å². The number of aliphatic carboxylic acids is 1. The van der Waals surface area contributed by atoms with Gasteiger partial charge in [0.2, 0.25) is 11.8 Å². The van der Waals surface area contributed by atoms with E-state index in [4.69, 9.17) is 33.7 Å². The first-order valence-electron chi connectivity index (χ1n) is 18.0. The van der Waals surface area contributed by atoms with Crippen LogP contribution < -0.4 is 11.1 Å². The van der Waals surface area contributed by atoms with E-state index in [0.29, 0.717) is 93.3 Å². The van der Waals surface area contributed by atoms with Gasteiger partial charge in [-0.2, -0.15) is 0 Å². The summed E-state index contributed by atoms with van der Waals surface area (Å²) in [5, 5.41) is 13.7. The molecule has 2 saturated heterocycles. The van der Waals surface area contributed by atoms with Crippen molar-refractivity contribution in [1.82, 2.24) is 19.3 Å². The molecule has 0 spiro atoms. The first-order valence-corrected chi connectivity index (χ1v) is 18.7. The summed E-state index contributed by atoms with van der Waals surface area (Å²) in [4.78, 5) is 57.6. The number of benzene rings is 2. The Kier molecular flexibility index (Phi) is 11.5. The molecule has 0 radical (unpaired) electrons. The molecule has 1 aliphatic carbocycles. The van der Waals surface area contributed by atoms with Crippen molar-refractivity contribution in [1.29, 1.82) is 0 Å². The van der Waals surface area contributed by atoms with Crippen LogP contribution >= 0.6 is 23.2 Å². The zero-order valence-corrected chi connectivity index (χ0v) is 31.5. The van der Waals surface area contributed by atoms with Gasteiger partial charge < -0.3 is 35.3 Å². The Labute approximate surface area is 314 Å². The molecule has 3 fully saturated rings. The van der Waals surface area contributed by atoms with Gasteiger partial charge in [0.25, 0.3) is 5.91 Å². The highest BCUT2D eigenvalue weighted by atomic mass is 35.5. The van der Waals surface area contributed by atoms with Crippen LogP contribution in [0.5, 0.6) is 0 Å². The predicted octanol–water partition coefficient (Wildman–Crippen LogP) is 4.79. The number of amides is 3. The van der Waals surface area contributed by atoms with Crippen LogP contribution in [0.25, 0.3) is 10.9 Å². The third-order valence-corrected chi connectivity index (χ3v) is 11.5. The molecule has 3 aromatic rings. The number of para-hydroxylation sites is 1. The summed E-state index contributed by atoms with van der Waals surface area (Å²) in [6.45, 7) is 6.76. The molecule has 0 unspecified atom stereocenters. The normalized spacial score (nSPS) is 22.9. The van der Waals surface area contributed by atoms with Crippen LogP contribution in [0.1, 0.15) is 61.9 Å². The fraction of sp³-hybridized carbons (Fsp3) is 0.526. The average Bonchev–Trinajstić information content (AvgIpc) is 3.70. The number of nitrogens with one attached hydrogen (secondary N) is 1. The van der Waals surface area contributed by atoms with E-state index < -0.39 is 11.5 Å². The summed E-state index contributed by atoms with van der Waals surface area (Å²) >= 11 is 13.4. The van der Waals surface area contributed by atoms with Crippen molar-refractivity contribution in [2.75, 3.05) is 44.6 Å². The molecule has 52 heavy (non-hydrogen) atoms. The van der Waals surface area contributed by atoms with Crippen LogP contribution in [0.3, 0.4) is 0 Å². The molecule has 2 aliphatic heterocycles. The van der Waals surface area contributed by atoms with E-state index in [9.17, 15) is 24.3 Å². The second-order valence-electron chi connectivity index (χ2n) is 15.0. The number of carbonyl (C=O) groups is 4. The zero-order valence-electron chi connectivity index (χ0n) is 29.9. The number of aromatic nitrogens is 1. The van der Waals surface area contributed by atoms with Gasteiger partial charge in [-0.3, -0.25) is 24.1 Å². The lowest BCUT2D eigenvalue weighted by atomic mass is 9.87. The summed E-state index contributed by atoms with van der Waals surface area (Å²) < 4.78 is 8.24. The van der Waals surface area contributed by atoms with Crippen molar-refractivity contribution in [2.24, 2.45) is 18.7 Å². The number of hydrogen-bond acceptors (Lipinski definition) is 7. The number of piperazine rings is 1. The van der Waals surface area contributed by atoms with Crippen molar-refractivity contribution in [3.63, 3.8) is 0 Å². The molecule has 1 saturated carbocycles. The Morgan fingerprint density at radius 2 is 1.69 bits per heavy atom. The van der Waals surface area contributed by atoms with Crippen molar-refractivity contribution >= 4 is 63.5 Å². The van der Waals surface area contributed by atoms with Crippen molar-refractivity contribution in [2.45, 2.75) is 76.1 Å². The van der Waals surface area contributed by atoms with E-state index in [2.05, 4.69) is 10.2 Å². The highest BCUT2D eigenvalue weighted by Crippen LogP contribution is 2.33. The molecule has 3 heterocycles. The van der Waals surface area contributed by atoms with Gasteiger partial charge in [0.05, 0.1) is 52.9 Å². The number of fused-ring (bicyclic) bond motifs is 1. The number of hydrogen-bond donors (Lipinski definition) is 3. The van der Waals surface area contributed by atoms with E-state index in [-0.39, 0.29) is 53.3 Å². The van der Waals surface area contributed by atoms with Gasteiger partial charge in [0, 0.05) is 67.9 Å². The lowest BCUT2D eigenvalue weighted by Gasteiger charge is -2.40. The lowest BCUT2D eigenvalue weighted by molar-refractivity contribution is -0.144. The summed E-state index contributed by atoms with van der Waals surface area (Å²) in [6.07, 6.45) is 4.94. The van der Waals surface area contributed by atoms with Crippen molar-refractivity contribution in [3.8, 4) is 0 Å². The van der Waals surface area contributed by atoms with E-state index >= 15 is 0 Å². The Morgan fingerprint density at radius 1 is 1.00 bits per heavy atom. The van der Waals surface area contributed by atoms with Crippen LogP contribution in [-0.4, -0.2) is 111 Å². The summed E-state index contributed by atoms with van der Waals surface area (Å²) in [6, 6.07) is 10.7. The van der Waals surface area contributed by atoms with Crippen LogP contribution in [-0.2, 0) is 32.6 Å². The topological polar surface area (TPSA) is 150 Å². The molecule has 14 heteroatoms. The molecule has 0 bridgehead atoms. The first-order chi connectivity index (χ1) is 24.7. The third kappa shape index (κ3) is 8.42. The van der Waals surface area contributed by atoms with E-state index in [1.165, 1.54) is 0 Å². The number of anilines is 1. The Hall–Kier alpha value is -3.68. The SMILES string of the molecule is Cn1cc(C(=O)Nc2cc(Cl)c(CC(=O)N3C[C@@H](N4CCN(C(=O)C(C)(C)N)CC4)C[C@H]3COC3CCC(C(=O)O)CC3)cc2Cl)c2ccccc21. The van der Waals surface area contributed by atoms with Gasteiger partial charge in [-0.15, -0.1) is 0 Å². The van der Waals surface area contributed by atoms with Crippen LogP contribution in [0, 0.1) is 5.92 Å². The zero-order chi connectivity index (χ0) is 37.3. The second-order valence-corrected chi connectivity index (χ2v) is 15.8. The molecular formula is C38H48Cl2N6O6. The van der Waals surface area contributed by atoms with Gasteiger partial charge in [-0.05, 0) is 69.7 Å². The Bertz CT molecular complexity index is 1830. The molecular weight excluding hydrogens is 707 g/mol. The summed E-state index contributed by atoms with van der Waals surface area (Å²) in [5.41, 5.74) is 7.48. The molecule has 12 nitrogen and oxygen atoms in total. The minimum atomic E-state index is -0.935. The number of nitrogens with zero attached hydrogens (tertiary/aromatic N) is 4. The van der Waals surface area contributed by atoms with E-state index in [1.807, 2.05) is 45.7 Å². The van der Waals surface area contributed by atoms with E-state index in [0.717, 1.165) is 10.9 Å².